The molecule has 0 bridgehead atoms. The van der Waals surface area contributed by atoms with Crippen LogP contribution in [0.4, 0.5) is 15.3 Å². The van der Waals surface area contributed by atoms with Crippen molar-refractivity contribution < 1.29 is 23.9 Å². The number of ether oxygens (including phenoxy) is 2. The monoisotopic (exact) mass is 389 g/mol. The van der Waals surface area contributed by atoms with E-state index in [9.17, 15) is 14.4 Å². The number of methoxy groups -OCH3 is 1. The standard InChI is InChI=1S/C20H27N3O5/c1-20(2,3)28-19(26)21-9-10-22-16(12-21)13-23(18(22)25)15-7-5-14(6-8-15)11-17(24)27-4/h5-8,16H,9-13H2,1-4H3/t16-/m0/s1. The van der Waals surface area contributed by atoms with Crippen molar-refractivity contribution in [2.24, 2.45) is 0 Å². The first-order valence-electron chi connectivity index (χ1n) is 9.40. The molecule has 0 spiro atoms. The van der Waals surface area contributed by atoms with Crippen LogP contribution in [0.5, 0.6) is 0 Å². The molecular weight excluding hydrogens is 362 g/mol. The number of benzene rings is 1. The Labute approximate surface area is 165 Å². The number of hydrogen-bond acceptors (Lipinski definition) is 5. The molecule has 2 aliphatic heterocycles. The van der Waals surface area contributed by atoms with Gasteiger partial charge in [0, 0.05) is 31.9 Å². The fourth-order valence-electron chi connectivity index (χ4n) is 3.45. The Balaban J connectivity index is 1.65. The first kappa shape index (κ1) is 20.0. The minimum Gasteiger partial charge on any atom is -0.469 e. The first-order valence-corrected chi connectivity index (χ1v) is 9.40. The normalized spacial score (nSPS) is 19.5. The molecule has 3 amide bonds. The number of hydrogen-bond donors (Lipinski definition) is 0. The van der Waals surface area contributed by atoms with E-state index in [0.717, 1.165) is 11.3 Å². The van der Waals surface area contributed by atoms with Crippen molar-refractivity contribution in [2.45, 2.75) is 38.8 Å². The predicted octanol–water partition coefficient (Wildman–Crippen LogP) is 2.26. The predicted molar refractivity (Wildman–Crippen MR) is 103 cm³/mol. The molecule has 2 saturated heterocycles. The number of piperazine rings is 1. The molecule has 28 heavy (non-hydrogen) atoms. The summed E-state index contributed by atoms with van der Waals surface area (Å²) < 4.78 is 10.1. The SMILES string of the molecule is COC(=O)Cc1ccc(N2C[C@@H]3CN(C(=O)OC(C)(C)C)CCN3C2=O)cc1. The van der Waals surface area contributed by atoms with E-state index in [1.165, 1.54) is 7.11 Å². The minimum absolute atomic E-state index is 0.0606. The number of anilines is 1. The highest BCUT2D eigenvalue weighted by Crippen LogP contribution is 2.27. The molecule has 0 N–H and O–H groups in total. The number of nitrogens with zero attached hydrogens (tertiary/aromatic N) is 3. The van der Waals surface area contributed by atoms with Gasteiger partial charge in [-0.25, -0.2) is 9.59 Å². The summed E-state index contributed by atoms with van der Waals surface area (Å²) in [7, 11) is 1.36. The van der Waals surface area contributed by atoms with E-state index >= 15 is 0 Å². The van der Waals surface area contributed by atoms with Gasteiger partial charge in [-0.3, -0.25) is 9.69 Å². The van der Waals surface area contributed by atoms with Gasteiger partial charge < -0.3 is 19.3 Å². The van der Waals surface area contributed by atoms with Crippen molar-refractivity contribution in [1.29, 1.82) is 0 Å². The largest absolute Gasteiger partial charge is 0.469 e. The van der Waals surface area contributed by atoms with E-state index in [4.69, 9.17) is 4.74 Å². The van der Waals surface area contributed by atoms with Crippen LogP contribution >= 0.6 is 0 Å². The van der Waals surface area contributed by atoms with Crippen LogP contribution in [-0.4, -0.2) is 72.8 Å². The maximum absolute atomic E-state index is 12.8. The summed E-state index contributed by atoms with van der Waals surface area (Å²) in [6.45, 7) is 7.43. The summed E-state index contributed by atoms with van der Waals surface area (Å²) in [5.41, 5.74) is 1.06. The van der Waals surface area contributed by atoms with Gasteiger partial charge in [0.05, 0.1) is 19.6 Å². The molecule has 0 saturated carbocycles. The summed E-state index contributed by atoms with van der Waals surface area (Å²) in [5.74, 6) is -0.302. The van der Waals surface area contributed by atoms with Gasteiger partial charge in [0.15, 0.2) is 0 Å². The average Bonchev–Trinajstić information content (AvgIpc) is 2.97. The van der Waals surface area contributed by atoms with Crippen LogP contribution in [-0.2, 0) is 20.7 Å². The smallest absolute Gasteiger partial charge is 0.410 e. The number of urea groups is 1. The van der Waals surface area contributed by atoms with E-state index in [1.54, 1.807) is 9.80 Å². The summed E-state index contributed by atoms with van der Waals surface area (Å²) in [6.07, 6.45) is -0.144. The van der Waals surface area contributed by atoms with Crippen LogP contribution in [0.1, 0.15) is 26.3 Å². The summed E-state index contributed by atoms with van der Waals surface area (Å²) in [6, 6.07) is 7.19. The molecule has 0 aliphatic carbocycles. The molecule has 0 aromatic heterocycles. The number of carbonyl (C=O) groups excluding carboxylic acids is 3. The Morgan fingerprint density at radius 1 is 1.11 bits per heavy atom. The van der Waals surface area contributed by atoms with Crippen LogP contribution in [0.2, 0.25) is 0 Å². The molecule has 152 valence electrons. The van der Waals surface area contributed by atoms with Crippen molar-refractivity contribution in [3.05, 3.63) is 29.8 Å². The Morgan fingerprint density at radius 2 is 1.79 bits per heavy atom. The van der Waals surface area contributed by atoms with Gasteiger partial charge in [0.2, 0.25) is 0 Å². The number of rotatable bonds is 3. The van der Waals surface area contributed by atoms with E-state index < -0.39 is 5.60 Å². The molecule has 8 heteroatoms. The van der Waals surface area contributed by atoms with Gasteiger partial charge in [-0.05, 0) is 38.5 Å². The minimum atomic E-state index is -0.544. The molecule has 3 rings (SSSR count). The van der Waals surface area contributed by atoms with Crippen LogP contribution in [0, 0.1) is 0 Å². The van der Waals surface area contributed by atoms with E-state index in [-0.39, 0.29) is 30.6 Å². The molecule has 0 radical (unpaired) electrons. The summed E-state index contributed by atoms with van der Waals surface area (Å²) >= 11 is 0. The lowest BCUT2D eigenvalue weighted by atomic mass is 10.1. The third kappa shape index (κ3) is 4.37. The van der Waals surface area contributed by atoms with Crippen molar-refractivity contribution in [1.82, 2.24) is 9.80 Å². The lowest BCUT2D eigenvalue weighted by Gasteiger charge is -2.36. The second-order valence-electron chi connectivity index (χ2n) is 8.09. The van der Waals surface area contributed by atoms with Gasteiger partial charge in [0.25, 0.3) is 0 Å². The fourth-order valence-corrected chi connectivity index (χ4v) is 3.45. The summed E-state index contributed by atoms with van der Waals surface area (Å²) in [4.78, 5) is 41.7. The number of fused-ring (bicyclic) bond motifs is 1. The van der Waals surface area contributed by atoms with Crippen LogP contribution < -0.4 is 4.90 Å². The van der Waals surface area contributed by atoms with Crippen molar-refractivity contribution >= 4 is 23.8 Å². The quantitative estimate of drug-likeness (QED) is 0.741. The topological polar surface area (TPSA) is 79.4 Å². The molecule has 8 nitrogen and oxygen atoms in total. The molecule has 2 fully saturated rings. The van der Waals surface area contributed by atoms with Gasteiger partial charge in [-0.1, -0.05) is 12.1 Å². The van der Waals surface area contributed by atoms with Gasteiger partial charge >= 0.3 is 18.1 Å². The lowest BCUT2D eigenvalue weighted by molar-refractivity contribution is -0.139. The molecule has 1 aromatic carbocycles. The molecular formula is C20H27N3O5. The number of esters is 1. The van der Waals surface area contributed by atoms with E-state index in [0.29, 0.717) is 26.2 Å². The van der Waals surface area contributed by atoms with E-state index in [1.807, 2.05) is 49.9 Å². The van der Waals surface area contributed by atoms with Crippen molar-refractivity contribution in [3.8, 4) is 0 Å². The van der Waals surface area contributed by atoms with Gasteiger partial charge in [0.1, 0.15) is 5.60 Å². The third-order valence-electron chi connectivity index (χ3n) is 4.83. The Hall–Kier alpha value is -2.77. The third-order valence-corrected chi connectivity index (χ3v) is 4.83. The van der Waals surface area contributed by atoms with E-state index in [2.05, 4.69) is 4.74 Å². The zero-order chi connectivity index (χ0) is 20.5. The van der Waals surface area contributed by atoms with Crippen molar-refractivity contribution in [2.75, 3.05) is 38.2 Å². The Bertz CT molecular complexity index is 756. The Kier molecular flexibility index (Phi) is 5.49. The maximum atomic E-state index is 12.8. The van der Waals surface area contributed by atoms with Gasteiger partial charge in [-0.15, -0.1) is 0 Å². The second kappa shape index (κ2) is 7.69. The highest BCUT2D eigenvalue weighted by molar-refractivity contribution is 5.95. The molecule has 0 unspecified atom stereocenters. The average molecular weight is 389 g/mol. The van der Waals surface area contributed by atoms with Crippen LogP contribution in [0.25, 0.3) is 0 Å². The van der Waals surface area contributed by atoms with Crippen molar-refractivity contribution in [3.63, 3.8) is 0 Å². The highest BCUT2D eigenvalue weighted by Gasteiger charge is 2.42. The zero-order valence-corrected chi connectivity index (χ0v) is 16.8. The number of carbonyl (C=O) groups is 3. The molecule has 2 heterocycles. The fraction of sp³-hybridized carbons (Fsp3) is 0.550. The molecule has 2 aliphatic rings. The van der Waals surface area contributed by atoms with Crippen LogP contribution in [0.15, 0.2) is 24.3 Å². The molecule has 1 aromatic rings. The highest BCUT2D eigenvalue weighted by atomic mass is 16.6. The van der Waals surface area contributed by atoms with Crippen LogP contribution in [0.3, 0.4) is 0 Å². The van der Waals surface area contributed by atoms with Gasteiger partial charge in [-0.2, -0.15) is 0 Å². The number of amides is 3. The second-order valence-corrected chi connectivity index (χ2v) is 8.09. The zero-order valence-electron chi connectivity index (χ0n) is 16.8. The molecule has 1 atom stereocenters. The first-order chi connectivity index (χ1) is 13.2. The Morgan fingerprint density at radius 3 is 2.39 bits per heavy atom. The lowest BCUT2D eigenvalue weighted by Crippen LogP contribution is -2.54. The summed E-state index contributed by atoms with van der Waals surface area (Å²) in [5, 5.41) is 0. The maximum Gasteiger partial charge on any atom is 0.410 e.